The van der Waals surface area contributed by atoms with Crippen molar-refractivity contribution in [2.75, 3.05) is 0 Å². The Morgan fingerprint density at radius 2 is 2.09 bits per heavy atom. The molecule has 0 unspecified atom stereocenters. The fourth-order valence-electron chi connectivity index (χ4n) is 2.05. The first-order valence-corrected chi connectivity index (χ1v) is 7.13. The number of carboxylic acids is 1. The van der Waals surface area contributed by atoms with E-state index in [2.05, 4.69) is 0 Å². The first-order chi connectivity index (χ1) is 10.9. The van der Waals surface area contributed by atoms with E-state index in [0.717, 1.165) is 5.56 Å². The van der Waals surface area contributed by atoms with Crippen LogP contribution in [-0.4, -0.2) is 22.1 Å². The number of nitro benzene ring substituents is 1. The summed E-state index contributed by atoms with van der Waals surface area (Å²) in [5.41, 5.74) is 1.19. The van der Waals surface area contributed by atoms with Crippen LogP contribution in [0.3, 0.4) is 0 Å². The Morgan fingerprint density at radius 1 is 1.35 bits per heavy atom. The van der Waals surface area contributed by atoms with E-state index >= 15 is 0 Å². The average Bonchev–Trinajstić information content (AvgIpc) is 2.50. The predicted octanol–water partition coefficient (Wildman–Crippen LogP) is 3.63. The normalized spacial score (nSPS) is 11.7. The molecule has 0 bridgehead atoms. The number of carboxylic acid groups (broad SMARTS) is 1. The third-order valence-corrected chi connectivity index (χ3v) is 3.65. The second kappa shape index (κ2) is 7.11. The van der Waals surface area contributed by atoms with Crippen LogP contribution < -0.4 is 4.74 Å². The minimum atomic E-state index is -1.16. The molecule has 2 aromatic carbocycles. The molecule has 0 amide bonds. The molecule has 2 rings (SSSR count). The second-order valence-electron chi connectivity index (χ2n) is 4.99. The summed E-state index contributed by atoms with van der Waals surface area (Å²) < 4.78 is 5.49. The number of aryl methyl sites for hydroxylation is 1. The van der Waals surface area contributed by atoms with Crippen molar-refractivity contribution in [1.29, 1.82) is 0 Å². The predicted molar refractivity (Wildman–Crippen MR) is 85.0 cm³/mol. The van der Waals surface area contributed by atoms with Gasteiger partial charge in [-0.15, -0.1) is 0 Å². The Bertz CT molecular complexity index is 747. The number of hydrogen-bond acceptors (Lipinski definition) is 4. The zero-order valence-corrected chi connectivity index (χ0v) is 13.0. The van der Waals surface area contributed by atoms with Crippen LogP contribution in [0.1, 0.15) is 11.1 Å². The van der Waals surface area contributed by atoms with Crippen molar-refractivity contribution in [2.24, 2.45) is 0 Å². The van der Waals surface area contributed by atoms with Gasteiger partial charge in [0.15, 0.2) is 6.10 Å². The molecule has 2 aromatic rings. The highest BCUT2D eigenvalue weighted by Crippen LogP contribution is 2.23. The smallest absolute Gasteiger partial charge is 0.345 e. The second-order valence-corrected chi connectivity index (χ2v) is 5.39. The van der Waals surface area contributed by atoms with Gasteiger partial charge < -0.3 is 9.84 Å². The van der Waals surface area contributed by atoms with Gasteiger partial charge in [-0.25, -0.2) is 4.79 Å². The summed E-state index contributed by atoms with van der Waals surface area (Å²) in [7, 11) is 0. The molecule has 0 saturated heterocycles. The van der Waals surface area contributed by atoms with Crippen LogP contribution in [0.25, 0.3) is 0 Å². The number of halogens is 1. The molecule has 0 spiro atoms. The van der Waals surface area contributed by atoms with Crippen molar-refractivity contribution in [3.05, 3.63) is 68.7 Å². The summed E-state index contributed by atoms with van der Waals surface area (Å²) in [6.07, 6.45) is -1.14. The quantitative estimate of drug-likeness (QED) is 0.643. The summed E-state index contributed by atoms with van der Waals surface area (Å²) in [4.78, 5) is 21.6. The summed E-state index contributed by atoms with van der Waals surface area (Å²) in [6.45, 7) is 1.78. The third kappa shape index (κ3) is 4.43. The van der Waals surface area contributed by atoms with Crippen LogP contribution >= 0.6 is 11.6 Å². The fraction of sp³-hybridized carbons (Fsp3) is 0.188. The first kappa shape index (κ1) is 16.8. The van der Waals surface area contributed by atoms with E-state index in [1.54, 1.807) is 31.2 Å². The van der Waals surface area contributed by atoms with Gasteiger partial charge in [-0.3, -0.25) is 10.1 Å². The Morgan fingerprint density at radius 3 is 2.70 bits per heavy atom. The van der Waals surface area contributed by atoms with Crippen LogP contribution in [0.2, 0.25) is 5.02 Å². The molecule has 1 atom stereocenters. The molecule has 6 nitrogen and oxygen atoms in total. The van der Waals surface area contributed by atoms with Crippen molar-refractivity contribution in [2.45, 2.75) is 19.4 Å². The van der Waals surface area contributed by atoms with Crippen LogP contribution in [0.4, 0.5) is 5.69 Å². The zero-order chi connectivity index (χ0) is 17.0. The largest absolute Gasteiger partial charge is 0.478 e. The number of hydrogen-bond donors (Lipinski definition) is 1. The molecule has 0 aliphatic heterocycles. The highest BCUT2D eigenvalue weighted by Gasteiger charge is 2.21. The standard InChI is InChI=1S/C16H14ClNO5/c1-10-7-13(5-6-14(10)17)23-15(16(19)20)9-11-3-2-4-12(8-11)18(21)22/h2-8,15H,9H2,1H3,(H,19,20)/t15-/m0/s1. The van der Waals surface area contributed by atoms with Gasteiger partial charge in [-0.2, -0.15) is 0 Å². The molecular weight excluding hydrogens is 322 g/mol. The number of benzene rings is 2. The van der Waals surface area contributed by atoms with Gasteiger partial charge in [0.25, 0.3) is 5.69 Å². The maximum Gasteiger partial charge on any atom is 0.345 e. The van der Waals surface area contributed by atoms with E-state index in [4.69, 9.17) is 16.3 Å². The molecule has 0 aliphatic rings. The van der Waals surface area contributed by atoms with Gasteiger partial charge >= 0.3 is 5.97 Å². The molecule has 120 valence electrons. The molecule has 0 saturated carbocycles. The molecular formula is C16H14ClNO5. The Labute approximate surface area is 137 Å². The van der Waals surface area contributed by atoms with E-state index in [-0.39, 0.29) is 12.1 Å². The van der Waals surface area contributed by atoms with E-state index in [1.807, 2.05) is 0 Å². The maximum absolute atomic E-state index is 11.4. The summed E-state index contributed by atoms with van der Waals surface area (Å²) in [6, 6.07) is 10.7. The number of nitrogens with zero attached hydrogens (tertiary/aromatic N) is 1. The number of non-ortho nitro benzene ring substituents is 1. The molecule has 0 aromatic heterocycles. The molecule has 0 heterocycles. The fourth-order valence-corrected chi connectivity index (χ4v) is 2.16. The van der Waals surface area contributed by atoms with E-state index < -0.39 is 17.0 Å². The molecule has 0 radical (unpaired) electrons. The Hall–Kier alpha value is -2.60. The van der Waals surface area contributed by atoms with Gasteiger partial charge in [0.1, 0.15) is 5.75 Å². The van der Waals surface area contributed by atoms with Crippen LogP contribution in [0.5, 0.6) is 5.75 Å². The lowest BCUT2D eigenvalue weighted by atomic mass is 10.1. The zero-order valence-electron chi connectivity index (χ0n) is 12.2. The third-order valence-electron chi connectivity index (χ3n) is 3.23. The van der Waals surface area contributed by atoms with Crippen molar-refractivity contribution in [3.8, 4) is 5.75 Å². The van der Waals surface area contributed by atoms with Gasteiger partial charge in [-0.1, -0.05) is 23.7 Å². The van der Waals surface area contributed by atoms with Gasteiger partial charge in [0, 0.05) is 23.6 Å². The molecule has 1 N–H and O–H groups in total. The molecule has 0 aliphatic carbocycles. The highest BCUT2D eigenvalue weighted by molar-refractivity contribution is 6.31. The van der Waals surface area contributed by atoms with Crippen LogP contribution in [0.15, 0.2) is 42.5 Å². The Kier molecular flexibility index (Phi) is 5.18. The Balaban J connectivity index is 2.18. The molecule has 23 heavy (non-hydrogen) atoms. The summed E-state index contributed by atoms with van der Waals surface area (Å²) in [5.74, 6) is -0.770. The van der Waals surface area contributed by atoms with Crippen molar-refractivity contribution < 1.29 is 19.6 Å². The topological polar surface area (TPSA) is 89.7 Å². The lowest BCUT2D eigenvalue weighted by Crippen LogP contribution is -2.29. The van der Waals surface area contributed by atoms with E-state index in [9.17, 15) is 20.0 Å². The van der Waals surface area contributed by atoms with Crippen molar-refractivity contribution >= 4 is 23.3 Å². The number of aliphatic carboxylic acids is 1. The monoisotopic (exact) mass is 335 g/mol. The molecule has 0 fully saturated rings. The number of rotatable bonds is 6. The minimum Gasteiger partial charge on any atom is -0.478 e. The van der Waals surface area contributed by atoms with Gasteiger partial charge in [0.2, 0.25) is 0 Å². The lowest BCUT2D eigenvalue weighted by molar-refractivity contribution is -0.384. The van der Waals surface area contributed by atoms with E-state index in [1.165, 1.54) is 18.2 Å². The van der Waals surface area contributed by atoms with Crippen molar-refractivity contribution in [1.82, 2.24) is 0 Å². The lowest BCUT2D eigenvalue weighted by Gasteiger charge is -2.16. The van der Waals surface area contributed by atoms with Crippen LogP contribution in [0, 0.1) is 17.0 Å². The van der Waals surface area contributed by atoms with Crippen LogP contribution in [-0.2, 0) is 11.2 Å². The highest BCUT2D eigenvalue weighted by atomic mass is 35.5. The summed E-state index contributed by atoms with van der Waals surface area (Å²) in [5, 5.41) is 20.7. The minimum absolute atomic E-state index is 0.0126. The molecule has 7 heteroatoms. The first-order valence-electron chi connectivity index (χ1n) is 6.76. The summed E-state index contributed by atoms with van der Waals surface area (Å²) >= 11 is 5.92. The van der Waals surface area contributed by atoms with E-state index in [0.29, 0.717) is 16.3 Å². The maximum atomic E-state index is 11.4. The van der Waals surface area contributed by atoms with Crippen molar-refractivity contribution in [3.63, 3.8) is 0 Å². The average molecular weight is 336 g/mol. The SMILES string of the molecule is Cc1cc(O[C@@H](Cc2cccc([N+](=O)[O-])c2)C(=O)O)ccc1Cl. The number of nitro groups is 1. The number of ether oxygens (including phenoxy) is 1. The van der Waals surface area contributed by atoms with Gasteiger partial charge in [0.05, 0.1) is 4.92 Å². The van der Waals surface area contributed by atoms with Gasteiger partial charge in [-0.05, 0) is 36.2 Å². The number of carbonyl (C=O) groups is 1.